The molecule has 0 bridgehead atoms. The Bertz CT molecular complexity index is 430. The van der Waals surface area contributed by atoms with Gasteiger partial charge in [0.05, 0.1) is 5.69 Å². The largest absolute Gasteiger partial charge is 0.481 e. The Morgan fingerprint density at radius 1 is 1.60 bits per heavy atom. The molecule has 15 heavy (non-hydrogen) atoms. The second kappa shape index (κ2) is 2.78. The molecular formula is C11H12FNO2. The van der Waals surface area contributed by atoms with Gasteiger partial charge in [0.25, 0.3) is 0 Å². The van der Waals surface area contributed by atoms with Gasteiger partial charge in [-0.05, 0) is 24.0 Å². The molecule has 1 fully saturated rings. The van der Waals surface area contributed by atoms with E-state index >= 15 is 0 Å². The lowest BCUT2D eigenvalue weighted by molar-refractivity contribution is -0.141. The first-order valence-corrected chi connectivity index (χ1v) is 4.75. The van der Waals surface area contributed by atoms with Crippen LogP contribution in [0.3, 0.4) is 0 Å². The lowest BCUT2D eigenvalue weighted by Gasteiger charge is -2.14. The maximum absolute atomic E-state index is 13.0. The van der Waals surface area contributed by atoms with Crippen molar-refractivity contribution in [2.24, 2.45) is 5.41 Å². The molecule has 0 saturated heterocycles. The molecule has 1 N–H and O–H groups in total. The van der Waals surface area contributed by atoms with Gasteiger partial charge in [-0.2, -0.15) is 0 Å². The molecule has 0 aromatic carbocycles. The lowest BCUT2D eigenvalue weighted by Crippen LogP contribution is -2.26. The molecule has 1 saturated carbocycles. The molecule has 0 spiro atoms. The van der Waals surface area contributed by atoms with E-state index in [2.05, 4.69) is 4.98 Å². The van der Waals surface area contributed by atoms with Crippen LogP contribution in [0.1, 0.15) is 26.0 Å². The molecule has 0 radical (unpaired) electrons. The standard InChI is InChI=1S/C11H12FNO2/c1-10(2)6-11(10,9(14)15)8-5-7(12)3-4-13-8/h3-5H,6H2,1-2H3,(H,14,15). The van der Waals surface area contributed by atoms with Crippen molar-refractivity contribution in [1.29, 1.82) is 0 Å². The van der Waals surface area contributed by atoms with E-state index in [1.807, 2.05) is 13.8 Å². The number of carbonyl (C=O) groups is 1. The van der Waals surface area contributed by atoms with Crippen LogP contribution in [0.15, 0.2) is 18.3 Å². The molecular weight excluding hydrogens is 197 g/mol. The first-order chi connectivity index (χ1) is 6.90. The Hall–Kier alpha value is -1.45. The Morgan fingerprint density at radius 3 is 2.60 bits per heavy atom. The van der Waals surface area contributed by atoms with Crippen LogP contribution in [-0.4, -0.2) is 16.1 Å². The summed E-state index contributed by atoms with van der Waals surface area (Å²) in [5, 5.41) is 9.22. The first-order valence-electron chi connectivity index (χ1n) is 4.75. The first kappa shape index (κ1) is 10.1. The second-order valence-corrected chi connectivity index (χ2v) is 4.63. The fraction of sp³-hybridized carbons (Fsp3) is 0.455. The minimum Gasteiger partial charge on any atom is -0.481 e. The number of nitrogens with zero attached hydrogens (tertiary/aromatic N) is 1. The fourth-order valence-electron chi connectivity index (χ4n) is 2.17. The number of carboxylic acid groups (broad SMARTS) is 1. The van der Waals surface area contributed by atoms with Crippen LogP contribution < -0.4 is 0 Å². The van der Waals surface area contributed by atoms with Crippen molar-refractivity contribution in [2.45, 2.75) is 25.7 Å². The third kappa shape index (κ3) is 1.24. The van der Waals surface area contributed by atoms with Gasteiger partial charge in [0, 0.05) is 6.20 Å². The van der Waals surface area contributed by atoms with Crippen molar-refractivity contribution in [1.82, 2.24) is 4.98 Å². The summed E-state index contributed by atoms with van der Waals surface area (Å²) in [6, 6.07) is 2.43. The van der Waals surface area contributed by atoms with Gasteiger partial charge in [0.1, 0.15) is 11.2 Å². The van der Waals surface area contributed by atoms with E-state index in [-0.39, 0.29) is 5.41 Å². The number of carboxylic acids is 1. The molecule has 0 amide bonds. The number of aromatic nitrogens is 1. The number of hydrogen-bond acceptors (Lipinski definition) is 2. The topological polar surface area (TPSA) is 50.2 Å². The van der Waals surface area contributed by atoms with E-state index in [1.54, 1.807) is 0 Å². The molecule has 3 nitrogen and oxygen atoms in total. The maximum atomic E-state index is 13.0. The van der Waals surface area contributed by atoms with E-state index < -0.39 is 17.2 Å². The predicted molar refractivity (Wildman–Crippen MR) is 51.9 cm³/mol. The van der Waals surface area contributed by atoms with Gasteiger partial charge in [-0.3, -0.25) is 9.78 Å². The molecule has 4 heteroatoms. The van der Waals surface area contributed by atoms with Crippen LogP contribution in [0.5, 0.6) is 0 Å². The monoisotopic (exact) mass is 209 g/mol. The fourth-order valence-corrected chi connectivity index (χ4v) is 2.17. The van der Waals surface area contributed by atoms with Gasteiger partial charge >= 0.3 is 5.97 Å². The van der Waals surface area contributed by atoms with Crippen LogP contribution in [0, 0.1) is 11.2 Å². The smallest absolute Gasteiger partial charge is 0.316 e. The van der Waals surface area contributed by atoms with Gasteiger partial charge in [-0.25, -0.2) is 4.39 Å². The SMILES string of the molecule is CC1(C)CC1(C(=O)O)c1cc(F)ccn1. The Morgan fingerprint density at radius 2 is 2.20 bits per heavy atom. The average molecular weight is 209 g/mol. The van der Waals surface area contributed by atoms with Gasteiger partial charge < -0.3 is 5.11 Å². The zero-order valence-corrected chi connectivity index (χ0v) is 8.62. The highest BCUT2D eigenvalue weighted by atomic mass is 19.1. The van der Waals surface area contributed by atoms with Crippen LogP contribution in [0.4, 0.5) is 4.39 Å². The molecule has 2 rings (SSSR count). The van der Waals surface area contributed by atoms with Crippen LogP contribution in [0.25, 0.3) is 0 Å². The maximum Gasteiger partial charge on any atom is 0.316 e. The van der Waals surface area contributed by atoms with Gasteiger partial charge in [-0.1, -0.05) is 13.8 Å². The summed E-state index contributed by atoms with van der Waals surface area (Å²) in [5.74, 6) is -1.37. The molecule has 1 aromatic rings. The van der Waals surface area contributed by atoms with Crippen LogP contribution in [0.2, 0.25) is 0 Å². The summed E-state index contributed by atoms with van der Waals surface area (Å²) in [6.45, 7) is 3.71. The van der Waals surface area contributed by atoms with Crippen LogP contribution in [-0.2, 0) is 10.2 Å². The number of halogens is 1. The Labute approximate surface area is 87.0 Å². The predicted octanol–water partition coefficient (Wildman–Crippen LogP) is 1.97. The van der Waals surface area contributed by atoms with Gasteiger partial charge in [0.15, 0.2) is 0 Å². The van der Waals surface area contributed by atoms with E-state index in [0.717, 1.165) is 0 Å². The minimum absolute atomic E-state index is 0.319. The number of aliphatic carboxylic acids is 1. The summed E-state index contributed by atoms with van der Waals surface area (Å²) in [7, 11) is 0. The quantitative estimate of drug-likeness (QED) is 0.810. The third-order valence-electron chi connectivity index (χ3n) is 3.26. The molecule has 1 aliphatic carbocycles. The van der Waals surface area contributed by atoms with E-state index in [9.17, 15) is 14.3 Å². The zero-order valence-electron chi connectivity index (χ0n) is 8.62. The molecule has 0 aliphatic heterocycles. The third-order valence-corrected chi connectivity index (χ3v) is 3.26. The summed E-state index contributed by atoms with van der Waals surface area (Å²) in [4.78, 5) is 15.2. The molecule has 1 aromatic heterocycles. The molecule has 1 heterocycles. The van der Waals surface area contributed by atoms with Crippen molar-refractivity contribution in [3.63, 3.8) is 0 Å². The highest BCUT2D eigenvalue weighted by Crippen LogP contribution is 2.63. The number of rotatable bonds is 2. The Balaban J connectivity index is 2.50. The lowest BCUT2D eigenvalue weighted by atomic mass is 9.92. The van der Waals surface area contributed by atoms with Crippen molar-refractivity contribution in [3.8, 4) is 0 Å². The summed E-state index contributed by atoms with van der Waals surface area (Å²) in [5.41, 5.74) is -1.03. The van der Waals surface area contributed by atoms with E-state index in [0.29, 0.717) is 12.1 Å². The highest BCUT2D eigenvalue weighted by Gasteiger charge is 2.68. The molecule has 1 atom stereocenters. The summed E-state index contributed by atoms with van der Waals surface area (Å²) in [6.07, 6.45) is 1.82. The average Bonchev–Trinajstić information content (AvgIpc) is 2.71. The molecule has 1 aliphatic rings. The van der Waals surface area contributed by atoms with Gasteiger partial charge in [0.2, 0.25) is 0 Å². The minimum atomic E-state index is -1.00. The van der Waals surface area contributed by atoms with E-state index in [1.165, 1.54) is 18.3 Å². The van der Waals surface area contributed by atoms with Crippen molar-refractivity contribution >= 4 is 5.97 Å². The highest BCUT2D eigenvalue weighted by molar-refractivity contribution is 5.86. The summed E-state index contributed by atoms with van der Waals surface area (Å²) < 4.78 is 13.0. The zero-order chi connectivity index (χ0) is 11.3. The molecule has 1 unspecified atom stereocenters. The van der Waals surface area contributed by atoms with Crippen molar-refractivity contribution < 1.29 is 14.3 Å². The van der Waals surface area contributed by atoms with Gasteiger partial charge in [-0.15, -0.1) is 0 Å². The number of hydrogen-bond donors (Lipinski definition) is 1. The summed E-state index contributed by atoms with van der Waals surface area (Å²) >= 11 is 0. The second-order valence-electron chi connectivity index (χ2n) is 4.63. The Kier molecular flexibility index (Phi) is 1.87. The van der Waals surface area contributed by atoms with Crippen molar-refractivity contribution in [2.75, 3.05) is 0 Å². The van der Waals surface area contributed by atoms with E-state index in [4.69, 9.17) is 0 Å². The van der Waals surface area contributed by atoms with Crippen molar-refractivity contribution in [3.05, 3.63) is 29.8 Å². The number of pyridine rings is 1. The normalized spacial score (nSPS) is 27.4. The molecule has 80 valence electrons. The van der Waals surface area contributed by atoms with Crippen LogP contribution >= 0.6 is 0 Å².